The van der Waals surface area contributed by atoms with Crippen molar-refractivity contribution in [3.63, 3.8) is 0 Å². The SMILES string of the molecule is C[C@@H]1CCCCCCCCCC/C1=N\O. The molecule has 1 aliphatic rings. The minimum Gasteiger partial charge on any atom is -0.411 e. The normalized spacial score (nSPS) is 29.4. The van der Waals surface area contributed by atoms with Gasteiger partial charge < -0.3 is 5.21 Å². The lowest BCUT2D eigenvalue weighted by Crippen LogP contribution is -2.11. The van der Waals surface area contributed by atoms with E-state index in [-0.39, 0.29) is 0 Å². The summed E-state index contributed by atoms with van der Waals surface area (Å²) in [5.74, 6) is 0.481. The highest BCUT2D eigenvalue weighted by Gasteiger charge is 2.11. The summed E-state index contributed by atoms with van der Waals surface area (Å²) in [6.45, 7) is 2.20. The van der Waals surface area contributed by atoms with E-state index in [1.165, 1.54) is 57.8 Å². The molecule has 2 nitrogen and oxygen atoms in total. The smallest absolute Gasteiger partial charge is 0.0598 e. The highest BCUT2D eigenvalue weighted by Crippen LogP contribution is 2.19. The van der Waals surface area contributed by atoms with E-state index < -0.39 is 0 Å². The number of oxime groups is 1. The second-order valence-corrected chi connectivity index (χ2v) is 4.86. The van der Waals surface area contributed by atoms with Gasteiger partial charge in [0.15, 0.2) is 0 Å². The molecule has 1 rings (SSSR count). The van der Waals surface area contributed by atoms with Gasteiger partial charge in [-0.2, -0.15) is 0 Å². The van der Waals surface area contributed by atoms with E-state index in [4.69, 9.17) is 5.21 Å². The fourth-order valence-corrected chi connectivity index (χ4v) is 2.38. The van der Waals surface area contributed by atoms with Crippen LogP contribution >= 0.6 is 0 Å². The molecule has 15 heavy (non-hydrogen) atoms. The largest absolute Gasteiger partial charge is 0.411 e. The second-order valence-electron chi connectivity index (χ2n) is 4.86. The lowest BCUT2D eigenvalue weighted by Gasteiger charge is -2.14. The number of nitrogens with zero attached hydrogens (tertiary/aromatic N) is 1. The Bertz CT molecular complexity index is 189. The molecule has 0 spiro atoms. The maximum atomic E-state index is 8.95. The third-order valence-electron chi connectivity index (χ3n) is 3.52. The minimum atomic E-state index is 0.481. The molecular weight excluding hydrogens is 186 g/mol. The molecule has 1 aliphatic carbocycles. The zero-order valence-electron chi connectivity index (χ0n) is 10.0. The molecule has 0 aromatic heterocycles. The summed E-state index contributed by atoms with van der Waals surface area (Å²) < 4.78 is 0. The molecule has 0 heterocycles. The zero-order chi connectivity index (χ0) is 10.9. The first-order valence-electron chi connectivity index (χ1n) is 6.55. The van der Waals surface area contributed by atoms with E-state index in [1.54, 1.807) is 0 Å². The Morgan fingerprint density at radius 3 is 2.07 bits per heavy atom. The number of hydrogen-bond donors (Lipinski definition) is 1. The molecule has 1 saturated carbocycles. The Morgan fingerprint density at radius 2 is 1.47 bits per heavy atom. The van der Waals surface area contributed by atoms with Crippen LogP contribution in [0.25, 0.3) is 0 Å². The van der Waals surface area contributed by atoms with Crippen LogP contribution in [0.15, 0.2) is 5.16 Å². The van der Waals surface area contributed by atoms with Gasteiger partial charge in [0.25, 0.3) is 0 Å². The van der Waals surface area contributed by atoms with Crippen LogP contribution in [0.4, 0.5) is 0 Å². The first-order valence-corrected chi connectivity index (χ1v) is 6.55. The summed E-state index contributed by atoms with van der Waals surface area (Å²) in [4.78, 5) is 0. The Balaban J connectivity index is 2.38. The second kappa shape index (κ2) is 7.72. The van der Waals surface area contributed by atoms with Crippen molar-refractivity contribution < 1.29 is 5.21 Å². The van der Waals surface area contributed by atoms with E-state index in [9.17, 15) is 0 Å². The fourth-order valence-electron chi connectivity index (χ4n) is 2.38. The first kappa shape index (κ1) is 12.5. The van der Waals surface area contributed by atoms with E-state index in [0.717, 1.165) is 12.1 Å². The topological polar surface area (TPSA) is 32.6 Å². The fraction of sp³-hybridized carbons (Fsp3) is 0.923. The maximum absolute atomic E-state index is 8.95. The lowest BCUT2D eigenvalue weighted by atomic mass is 9.93. The minimum absolute atomic E-state index is 0.481. The number of hydrogen-bond acceptors (Lipinski definition) is 2. The van der Waals surface area contributed by atoms with Crippen molar-refractivity contribution in [2.45, 2.75) is 71.1 Å². The van der Waals surface area contributed by atoms with Crippen LogP contribution in [0.2, 0.25) is 0 Å². The van der Waals surface area contributed by atoms with Crippen LogP contribution in [0, 0.1) is 5.92 Å². The quantitative estimate of drug-likeness (QED) is 0.468. The summed E-state index contributed by atoms with van der Waals surface area (Å²) in [6, 6.07) is 0. The third-order valence-corrected chi connectivity index (χ3v) is 3.52. The van der Waals surface area contributed by atoms with Crippen LogP contribution in [0.5, 0.6) is 0 Å². The molecule has 1 fully saturated rings. The van der Waals surface area contributed by atoms with E-state index >= 15 is 0 Å². The van der Waals surface area contributed by atoms with Crippen molar-refractivity contribution in [3.8, 4) is 0 Å². The monoisotopic (exact) mass is 211 g/mol. The van der Waals surface area contributed by atoms with Gasteiger partial charge >= 0.3 is 0 Å². The van der Waals surface area contributed by atoms with Crippen LogP contribution < -0.4 is 0 Å². The van der Waals surface area contributed by atoms with Crippen LogP contribution in [0.3, 0.4) is 0 Å². The molecule has 0 radical (unpaired) electrons. The van der Waals surface area contributed by atoms with Crippen LogP contribution in [-0.4, -0.2) is 10.9 Å². The highest BCUT2D eigenvalue weighted by atomic mass is 16.4. The van der Waals surface area contributed by atoms with Gasteiger partial charge in [0.1, 0.15) is 0 Å². The Morgan fingerprint density at radius 1 is 0.933 bits per heavy atom. The molecule has 88 valence electrons. The summed E-state index contributed by atoms with van der Waals surface area (Å²) in [7, 11) is 0. The Hall–Kier alpha value is -0.530. The lowest BCUT2D eigenvalue weighted by molar-refractivity contribution is 0.312. The molecule has 1 atom stereocenters. The summed E-state index contributed by atoms with van der Waals surface area (Å²) in [5, 5.41) is 12.4. The van der Waals surface area contributed by atoms with Crippen LogP contribution in [0.1, 0.15) is 71.1 Å². The highest BCUT2D eigenvalue weighted by molar-refractivity contribution is 5.85. The van der Waals surface area contributed by atoms with Crippen LogP contribution in [-0.2, 0) is 0 Å². The molecule has 0 amide bonds. The summed E-state index contributed by atoms with van der Waals surface area (Å²) in [6.07, 6.45) is 12.9. The van der Waals surface area contributed by atoms with Crippen molar-refractivity contribution >= 4 is 5.71 Å². The van der Waals surface area contributed by atoms with Gasteiger partial charge in [0.05, 0.1) is 5.71 Å². The molecule has 0 aromatic rings. The molecule has 1 N–H and O–H groups in total. The average Bonchev–Trinajstić information content (AvgIpc) is 2.23. The standard InChI is InChI=1S/C13H25NO/c1-12-10-8-6-4-2-3-5-7-9-11-13(12)14-15/h12,15H,2-11H2,1H3/b14-13+/t12-/m1/s1. The molecule has 0 aromatic carbocycles. The van der Waals surface area contributed by atoms with Gasteiger partial charge in [-0.15, -0.1) is 0 Å². The zero-order valence-corrected chi connectivity index (χ0v) is 10.0. The van der Waals surface area contributed by atoms with Crippen molar-refractivity contribution in [3.05, 3.63) is 0 Å². The van der Waals surface area contributed by atoms with E-state index in [0.29, 0.717) is 5.92 Å². The molecule has 0 bridgehead atoms. The Kier molecular flexibility index (Phi) is 6.45. The molecule has 0 aliphatic heterocycles. The number of rotatable bonds is 0. The van der Waals surface area contributed by atoms with E-state index in [2.05, 4.69) is 12.1 Å². The van der Waals surface area contributed by atoms with Crippen molar-refractivity contribution in [1.29, 1.82) is 0 Å². The average molecular weight is 211 g/mol. The van der Waals surface area contributed by atoms with Crippen molar-refractivity contribution in [2.75, 3.05) is 0 Å². The van der Waals surface area contributed by atoms with E-state index in [1.807, 2.05) is 0 Å². The van der Waals surface area contributed by atoms with Gasteiger partial charge in [0, 0.05) is 0 Å². The van der Waals surface area contributed by atoms with Crippen molar-refractivity contribution in [1.82, 2.24) is 0 Å². The van der Waals surface area contributed by atoms with Gasteiger partial charge in [-0.1, -0.05) is 57.0 Å². The van der Waals surface area contributed by atoms with Gasteiger partial charge in [-0.3, -0.25) is 0 Å². The van der Waals surface area contributed by atoms with Gasteiger partial charge in [-0.25, -0.2) is 0 Å². The van der Waals surface area contributed by atoms with Crippen molar-refractivity contribution in [2.24, 2.45) is 11.1 Å². The maximum Gasteiger partial charge on any atom is 0.0598 e. The first-order chi connectivity index (χ1) is 7.34. The molecule has 0 saturated heterocycles. The molecular formula is C13H25NO. The van der Waals surface area contributed by atoms with Gasteiger partial charge in [0.2, 0.25) is 0 Å². The molecule has 0 unspecified atom stereocenters. The summed E-state index contributed by atoms with van der Waals surface area (Å²) in [5.41, 5.74) is 1.02. The predicted molar refractivity (Wildman–Crippen MR) is 64.6 cm³/mol. The Labute approximate surface area is 93.8 Å². The summed E-state index contributed by atoms with van der Waals surface area (Å²) >= 11 is 0. The third kappa shape index (κ3) is 5.19. The van der Waals surface area contributed by atoms with Gasteiger partial charge in [-0.05, 0) is 25.2 Å². The predicted octanol–water partition coefficient (Wildman–Crippen LogP) is 4.37. The molecule has 2 heteroatoms.